The molecule has 3 aromatic carbocycles. The Balaban J connectivity index is 1.78. The van der Waals surface area contributed by atoms with Gasteiger partial charge in [0.15, 0.2) is 0 Å². The van der Waals surface area contributed by atoms with E-state index in [4.69, 9.17) is 16.3 Å². The van der Waals surface area contributed by atoms with Crippen LogP contribution in [0.15, 0.2) is 83.8 Å². The second-order valence-corrected chi connectivity index (χ2v) is 9.02. The third-order valence-electron chi connectivity index (χ3n) is 4.23. The molecule has 0 aliphatic heterocycles. The number of sulfonamides is 1. The number of halogens is 1. The third kappa shape index (κ3) is 6.05. The van der Waals surface area contributed by atoms with Crippen molar-refractivity contribution < 1.29 is 13.2 Å². The highest BCUT2D eigenvalue weighted by molar-refractivity contribution is 7.89. The molecule has 0 bridgehead atoms. The minimum absolute atomic E-state index is 0.177. The van der Waals surface area contributed by atoms with Crippen LogP contribution in [-0.4, -0.2) is 34.0 Å². The van der Waals surface area contributed by atoms with Gasteiger partial charge in [0.2, 0.25) is 10.0 Å². The molecule has 0 amide bonds. The van der Waals surface area contributed by atoms with Crippen molar-refractivity contribution in [3.05, 3.63) is 89.4 Å². The highest BCUT2D eigenvalue weighted by Gasteiger charge is 2.22. The van der Waals surface area contributed by atoms with Crippen molar-refractivity contribution in [2.75, 3.05) is 20.6 Å². The van der Waals surface area contributed by atoms with Gasteiger partial charge in [-0.3, -0.25) is 0 Å². The second kappa shape index (κ2) is 9.41. The SMILES string of the molecule is CN(C)C[C@H](NS(=O)(=O)c1ccc(Oc2ccccc2)cc1)c1ccc(Cl)cc1. The lowest BCUT2D eigenvalue weighted by atomic mass is 10.1. The van der Waals surface area contributed by atoms with Crippen molar-refractivity contribution >= 4 is 21.6 Å². The summed E-state index contributed by atoms with van der Waals surface area (Å²) in [6.07, 6.45) is 0. The molecule has 3 rings (SSSR count). The summed E-state index contributed by atoms with van der Waals surface area (Å²) in [5, 5.41) is 0.606. The predicted molar refractivity (Wildman–Crippen MR) is 116 cm³/mol. The van der Waals surface area contributed by atoms with Crippen molar-refractivity contribution in [3.63, 3.8) is 0 Å². The van der Waals surface area contributed by atoms with Gasteiger partial charge in [0.25, 0.3) is 0 Å². The number of benzene rings is 3. The maximum atomic E-state index is 12.9. The van der Waals surface area contributed by atoms with E-state index in [2.05, 4.69) is 4.72 Å². The first-order chi connectivity index (χ1) is 13.8. The van der Waals surface area contributed by atoms with Gasteiger partial charge in [0.1, 0.15) is 11.5 Å². The summed E-state index contributed by atoms with van der Waals surface area (Å²) in [6, 6.07) is 22.4. The first-order valence-electron chi connectivity index (χ1n) is 9.09. The molecule has 29 heavy (non-hydrogen) atoms. The minimum atomic E-state index is -3.72. The fraction of sp³-hybridized carbons (Fsp3) is 0.182. The molecule has 0 fully saturated rings. The molecule has 0 heterocycles. The zero-order valence-electron chi connectivity index (χ0n) is 16.2. The fourth-order valence-electron chi connectivity index (χ4n) is 2.84. The zero-order valence-corrected chi connectivity index (χ0v) is 17.8. The zero-order chi connectivity index (χ0) is 20.9. The van der Waals surface area contributed by atoms with Gasteiger partial charge in [-0.1, -0.05) is 41.9 Å². The lowest BCUT2D eigenvalue weighted by Crippen LogP contribution is -2.35. The number of rotatable bonds is 8. The summed E-state index contributed by atoms with van der Waals surface area (Å²) in [7, 11) is 0.0733. The molecule has 1 atom stereocenters. The van der Waals surface area contributed by atoms with Crippen LogP contribution in [0.2, 0.25) is 5.02 Å². The summed E-state index contributed by atoms with van der Waals surface area (Å²) in [5.74, 6) is 1.26. The molecular weight excluding hydrogens is 408 g/mol. The van der Waals surface area contributed by atoms with Gasteiger partial charge in [-0.2, -0.15) is 0 Å². The quantitative estimate of drug-likeness (QED) is 0.562. The Morgan fingerprint density at radius 2 is 1.48 bits per heavy atom. The molecule has 3 aromatic rings. The Morgan fingerprint density at radius 1 is 0.897 bits per heavy atom. The van der Waals surface area contributed by atoms with Crippen molar-refractivity contribution in [2.45, 2.75) is 10.9 Å². The van der Waals surface area contributed by atoms with Crippen LogP contribution in [0.1, 0.15) is 11.6 Å². The minimum Gasteiger partial charge on any atom is -0.457 e. The molecule has 0 saturated heterocycles. The molecule has 0 aliphatic rings. The average Bonchev–Trinajstić information content (AvgIpc) is 2.69. The van der Waals surface area contributed by atoms with Crippen LogP contribution in [-0.2, 0) is 10.0 Å². The Bertz CT molecular complexity index is 1020. The van der Waals surface area contributed by atoms with Crippen LogP contribution in [0.5, 0.6) is 11.5 Å². The molecular formula is C22H23ClN2O3S. The third-order valence-corrected chi connectivity index (χ3v) is 5.97. The predicted octanol–water partition coefficient (Wildman–Crippen LogP) is 4.71. The summed E-state index contributed by atoms with van der Waals surface area (Å²) in [4.78, 5) is 2.11. The van der Waals surface area contributed by atoms with Crippen molar-refractivity contribution in [1.82, 2.24) is 9.62 Å². The van der Waals surface area contributed by atoms with E-state index < -0.39 is 16.1 Å². The summed E-state index contributed by atoms with van der Waals surface area (Å²) >= 11 is 5.96. The molecule has 1 N–H and O–H groups in total. The summed E-state index contributed by atoms with van der Waals surface area (Å²) in [6.45, 7) is 0.510. The van der Waals surface area contributed by atoms with Crippen LogP contribution in [0.4, 0.5) is 0 Å². The van der Waals surface area contributed by atoms with Gasteiger partial charge in [-0.25, -0.2) is 13.1 Å². The Morgan fingerprint density at radius 3 is 2.07 bits per heavy atom. The smallest absolute Gasteiger partial charge is 0.241 e. The number of hydrogen-bond donors (Lipinski definition) is 1. The number of ether oxygens (including phenoxy) is 1. The van der Waals surface area contributed by atoms with Gasteiger partial charge in [0.05, 0.1) is 10.9 Å². The monoisotopic (exact) mass is 430 g/mol. The average molecular weight is 431 g/mol. The van der Waals surface area contributed by atoms with Crippen molar-refractivity contribution in [1.29, 1.82) is 0 Å². The molecule has 0 radical (unpaired) electrons. The van der Waals surface area contributed by atoms with Gasteiger partial charge in [-0.05, 0) is 68.2 Å². The molecule has 0 unspecified atom stereocenters. The molecule has 0 aliphatic carbocycles. The van der Waals surface area contributed by atoms with E-state index in [1.54, 1.807) is 24.3 Å². The lowest BCUT2D eigenvalue weighted by Gasteiger charge is -2.23. The van der Waals surface area contributed by atoms with E-state index in [1.165, 1.54) is 12.1 Å². The largest absolute Gasteiger partial charge is 0.457 e. The molecule has 0 saturated carbocycles. The fourth-order valence-corrected chi connectivity index (χ4v) is 4.18. The van der Waals surface area contributed by atoms with Crippen LogP contribution >= 0.6 is 11.6 Å². The molecule has 7 heteroatoms. The number of likely N-dealkylation sites (N-methyl/N-ethyl adjacent to an activating group) is 1. The molecule has 0 aromatic heterocycles. The number of nitrogens with zero attached hydrogens (tertiary/aromatic N) is 1. The van der Waals surface area contributed by atoms with Gasteiger partial charge in [-0.15, -0.1) is 0 Å². The lowest BCUT2D eigenvalue weighted by molar-refractivity contribution is 0.363. The van der Waals surface area contributed by atoms with Gasteiger partial charge in [0, 0.05) is 11.6 Å². The van der Waals surface area contributed by atoms with Crippen LogP contribution in [0, 0.1) is 0 Å². The summed E-state index contributed by atoms with van der Waals surface area (Å²) in [5.41, 5.74) is 0.843. The second-order valence-electron chi connectivity index (χ2n) is 6.87. The van der Waals surface area contributed by atoms with E-state index in [1.807, 2.05) is 61.5 Å². The first-order valence-corrected chi connectivity index (χ1v) is 10.9. The topological polar surface area (TPSA) is 58.6 Å². The standard InChI is InChI=1S/C22H23ClN2O3S/c1-25(2)16-22(17-8-10-18(23)11-9-17)24-29(26,27)21-14-12-20(13-15-21)28-19-6-4-3-5-7-19/h3-15,22,24H,16H2,1-2H3/t22-/m0/s1. The normalized spacial score (nSPS) is 12.7. The Labute approximate surface area is 176 Å². The Kier molecular flexibility index (Phi) is 6.92. The highest BCUT2D eigenvalue weighted by Crippen LogP contribution is 2.24. The molecule has 0 spiro atoms. The van der Waals surface area contributed by atoms with Crippen molar-refractivity contribution in [3.8, 4) is 11.5 Å². The van der Waals surface area contributed by atoms with Gasteiger partial charge < -0.3 is 9.64 Å². The number of hydrogen-bond acceptors (Lipinski definition) is 4. The highest BCUT2D eigenvalue weighted by atomic mass is 35.5. The van der Waals surface area contributed by atoms with E-state index in [0.29, 0.717) is 23.1 Å². The van der Waals surface area contributed by atoms with Crippen LogP contribution < -0.4 is 9.46 Å². The van der Waals surface area contributed by atoms with Gasteiger partial charge >= 0.3 is 0 Å². The van der Waals surface area contributed by atoms with Crippen LogP contribution in [0.25, 0.3) is 0 Å². The number of nitrogens with one attached hydrogen (secondary N) is 1. The molecule has 5 nitrogen and oxygen atoms in total. The summed E-state index contributed by atoms with van der Waals surface area (Å²) < 4.78 is 34.4. The first kappa shape index (κ1) is 21.3. The Hall–Kier alpha value is -2.38. The van der Waals surface area contributed by atoms with Crippen molar-refractivity contribution in [2.24, 2.45) is 0 Å². The van der Waals surface area contributed by atoms with E-state index in [9.17, 15) is 8.42 Å². The number of para-hydroxylation sites is 1. The van der Waals surface area contributed by atoms with E-state index in [0.717, 1.165) is 5.56 Å². The molecule has 152 valence electrons. The maximum Gasteiger partial charge on any atom is 0.241 e. The van der Waals surface area contributed by atoms with Crippen LogP contribution in [0.3, 0.4) is 0 Å². The maximum absolute atomic E-state index is 12.9. The van der Waals surface area contributed by atoms with E-state index in [-0.39, 0.29) is 4.90 Å². The van der Waals surface area contributed by atoms with E-state index >= 15 is 0 Å².